The quantitative estimate of drug-likeness (QED) is 0.816. The van der Waals surface area contributed by atoms with Gasteiger partial charge >= 0.3 is 6.18 Å². The summed E-state index contributed by atoms with van der Waals surface area (Å²) in [6.07, 6.45) is -3.70. The average molecular weight is 243 g/mol. The van der Waals surface area contributed by atoms with Crippen LogP contribution in [-0.4, -0.2) is 24.2 Å². The molecule has 1 heterocycles. The number of aromatic nitrogens is 1. The molecule has 0 saturated heterocycles. The van der Waals surface area contributed by atoms with Gasteiger partial charge in [0.1, 0.15) is 24.1 Å². The van der Waals surface area contributed by atoms with Crippen molar-refractivity contribution >= 4 is 5.82 Å². The van der Waals surface area contributed by atoms with Gasteiger partial charge in [0.05, 0.1) is 0 Å². The zero-order chi connectivity index (χ0) is 12.9. The van der Waals surface area contributed by atoms with Crippen molar-refractivity contribution < 1.29 is 13.2 Å². The van der Waals surface area contributed by atoms with E-state index in [-0.39, 0.29) is 18.1 Å². The van der Waals surface area contributed by atoms with Crippen molar-refractivity contribution in [3.63, 3.8) is 0 Å². The van der Waals surface area contributed by atoms with Gasteiger partial charge in [0.2, 0.25) is 0 Å². The molecule has 0 atom stereocenters. The Hall–Kier alpha value is -1.77. The number of hydrogen-bond donors (Lipinski definition) is 0. The lowest BCUT2D eigenvalue weighted by molar-refractivity contribution is -0.119. The van der Waals surface area contributed by atoms with E-state index >= 15 is 0 Å². The van der Waals surface area contributed by atoms with Crippen molar-refractivity contribution in [2.75, 3.05) is 18.0 Å². The van der Waals surface area contributed by atoms with Crippen LogP contribution in [0.15, 0.2) is 18.2 Å². The summed E-state index contributed by atoms with van der Waals surface area (Å²) in [7, 11) is 0. The van der Waals surface area contributed by atoms with E-state index in [2.05, 4.69) is 4.98 Å². The summed E-state index contributed by atoms with van der Waals surface area (Å²) in [5, 5.41) is 8.65. The van der Waals surface area contributed by atoms with E-state index in [4.69, 9.17) is 5.26 Å². The molecule has 0 aliphatic rings. The minimum atomic E-state index is -4.28. The fraction of sp³-hybridized carbons (Fsp3) is 0.455. The first-order valence-electron chi connectivity index (χ1n) is 5.15. The third kappa shape index (κ3) is 4.31. The highest BCUT2D eigenvalue weighted by Crippen LogP contribution is 2.21. The third-order valence-corrected chi connectivity index (χ3v) is 2.04. The Labute approximate surface area is 97.5 Å². The topological polar surface area (TPSA) is 39.9 Å². The lowest BCUT2D eigenvalue weighted by atomic mass is 10.3. The van der Waals surface area contributed by atoms with Crippen molar-refractivity contribution in [1.29, 1.82) is 5.26 Å². The predicted molar refractivity (Wildman–Crippen MR) is 57.5 cm³/mol. The molecular weight excluding hydrogens is 231 g/mol. The second-order valence-corrected chi connectivity index (χ2v) is 3.53. The summed E-state index contributed by atoms with van der Waals surface area (Å²) >= 11 is 0. The lowest BCUT2D eigenvalue weighted by Gasteiger charge is -2.24. The molecule has 0 aliphatic heterocycles. The van der Waals surface area contributed by atoms with Gasteiger partial charge in [-0.2, -0.15) is 18.4 Å². The van der Waals surface area contributed by atoms with Crippen LogP contribution in [0.25, 0.3) is 0 Å². The molecule has 1 rings (SSSR count). The minimum Gasteiger partial charge on any atom is -0.347 e. The van der Waals surface area contributed by atoms with Crippen molar-refractivity contribution in [1.82, 2.24) is 4.98 Å². The van der Waals surface area contributed by atoms with Crippen LogP contribution in [0.1, 0.15) is 19.0 Å². The molecule has 1 aromatic heterocycles. The fourth-order valence-corrected chi connectivity index (χ4v) is 1.42. The third-order valence-electron chi connectivity index (χ3n) is 2.04. The Morgan fingerprint density at radius 1 is 1.41 bits per heavy atom. The maximum absolute atomic E-state index is 12.4. The molecule has 1 aromatic rings. The highest BCUT2D eigenvalue weighted by molar-refractivity contribution is 5.41. The van der Waals surface area contributed by atoms with Gasteiger partial charge in [0.15, 0.2) is 0 Å². The predicted octanol–water partition coefficient (Wildman–Crippen LogP) is 2.73. The van der Waals surface area contributed by atoms with Crippen molar-refractivity contribution in [3.8, 4) is 6.07 Å². The number of rotatable bonds is 4. The molecule has 6 heteroatoms. The maximum Gasteiger partial charge on any atom is 0.405 e. The molecular formula is C11H12F3N3. The molecule has 0 spiro atoms. The number of alkyl halides is 3. The van der Waals surface area contributed by atoms with E-state index in [1.54, 1.807) is 6.92 Å². The average Bonchev–Trinajstić information content (AvgIpc) is 2.27. The van der Waals surface area contributed by atoms with E-state index in [1.807, 2.05) is 6.07 Å². The van der Waals surface area contributed by atoms with Crippen LogP contribution in [0.5, 0.6) is 0 Å². The first-order valence-corrected chi connectivity index (χ1v) is 5.15. The minimum absolute atomic E-state index is 0.116. The fourth-order valence-electron chi connectivity index (χ4n) is 1.42. The van der Waals surface area contributed by atoms with Gasteiger partial charge in [-0.15, -0.1) is 0 Å². The van der Waals surface area contributed by atoms with Crippen LogP contribution < -0.4 is 4.90 Å². The smallest absolute Gasteiger partial charge is 0.347 e. The molecule has 3 nitrogen and oxygen atoms in total. The summed E-state index contributed by atoms with van der Waals surface area (Å²) in [6.45, 7) is 0.988. The largest absolute Gasteiger partial charge is 0.405 e. The standard InChI is InChI=1S/C11H12F3N3/c1-2-6-17(8-11(12,13)14)10-5-3-4-9(7-15)16-10/h3-5H,2,6,8H2,1H3. The monoisotopic (exact) mass is 243 g/mol. The Balaban J connectivity index is 2.93. The molecule has 0 amide bonds. The van der Waals surface area contributed by atoms with E-state index in [1.165, 1.54) is 18.2 Å². The molecule has 0 N–H and O–H groups in total. The van der Waals surface area contributed by atoms with Crippen molar-refractivity contribution in [2.45, 2.75) is 19.5 Å². The van der Waals surface area contributed by atoms with E-state index in [9.17, 15) is 13.2 Å². The molecule has 0 unspecified atom stereocenters. The summed E-state index contributed by atoms with van der Waals surface area (Å²) in [5.41, 5.74) is 0.116. The van der Waals surface area contributed by atoms with Gasteiger partial charge in [-0.1, -0.05) is 13.0 Å². The summed E-state index contributed by atoms with van der Waals surface area (Å²) in [5.74, 6) is 0.184. The van der Waals surface area contributed by atoms with Crippen LogP contribution in [-0.2, 0) is 0 Å². The van der Waals surface area contributed by atoms with Gasteiger partial charge in [-0.25, -0.2) is 4.98 Å². The number of nitrogens with zero attached hydrogens (tertiary/aromatic N) is 3. The normalized spacial score (nSPS) is 11.0. The van der Waals surface area contributed by atoms with Crippen LogP contribution in [0.2, 0.25) is 0 Å². The van der Waals surface area contributed by atoms with Crippen LogP contribution in [0.3, 0.4) is 0 Å². The number of pyridine rings is 1. The Morgan fingerprint density at radius 3 is 2.65 bits per heavy atom. The zero-order valence-corrected chi connectivity index (χ0v) is 9.33. The first kappa shape index (κ1) is 13.3. The summed E-state index contributed by atoms with van der Waals surface area (Å²) < 4.78 is 37.1. The molecule has 0 bridgehead atoms. The van der Waals surface area contributed by atoms with E-state index < -0.39 is 12.7 Å². The van der Waals surface area contributed by atoms with Crippen molar-refractivity contribution in [2.24, 2.45) is 0 Å². The van der Waals surface area contributed by atoms with Gasteiger partial charge < -0.3 is 4.90 Å². The van der Waals surface area contributed by atoms with Gasteiger partial charge in [-0.3, -0.25) is 0 Å². The Bertz CT molecular complexity index is 409. The molecule has 0 aliphatic carbocycles. The van der Waals surface area contributed by atoms with Crippen molar-refractivity contribution in [3.05, 3.63) is 23.9 Å². The number of halogens is 3. The molecule has 0 saturated carbocycles. The highest BCUT2D eigenvalue weighted by atomic mass is 19.4. The van der Waals surface area contributed by atoms with Gasteiger partial charge in [-0.05, 0) is 18.6 Å². The van der Waals surface area contributed by atoms with E-state index in [0.29, 0.717) is 6.42 Å². The molecule has 0 aromatic carbocycles. The SMILES string of the molecule is CCCN(CC(F)(F)F)c1cccc(C#N)n1. The Morgan fingerprint density at radius 2 is 2.12 bits per heavy atom. The molecule has 92 valence electrons. The van der Waals surface area contributed by atoms with Crippen LogP contribution >= 0.6 is 0 Å². The number of hydrogen-bond acceptors (Lipinski definition) is 3. The Kier molecular flexibility index (Phi) is 4.32. The second kappa shape index (κ2) is 5.53. The van der Waals surface area contributed by atoms with Crippen LogP contribution in [0.4, 0.5) is 19.0 Å². The summed E-state index contributed by atoms with van der Waals surface area (Å²) in [4.78, 5) is 4.99. The summed E-state index contributed by atoms with van der Waals surface area (Å²) in [6, 6.07) is 6.27. The number of nitriles is 1. The number of anilines is 1. The highest BCUT2D eigenvalue weighted by Gasteiger charge is 2.31. The van der Waals surface area contributed by atoms with Gasteiger partial charge in [0.25, 0.3) is 0 Å². The molecule has 0 radical (unpaired) electrons. The zero-order valence-electron chi connectivity index (χ0n) is 9.33. The lowest BCUT2D eigenvalue weighted by Crippen LogP contribution is -2.35. The first-order chi connectivity index (χ1) is 7.96. The maximum atomic E-state index is 12.4. The van der Waals surface area contributed by atoms with Gasteiger partial charge in [0, 0.05) is 6.54 Å². The molecule has 0 fully saturated rings. The van der Waals surface area contributed by atoms with E-state index in [0.717, 1.165) is 4.90 Å². The molecule has 17 heavy (non-hydrogen) atoms. The second-order valence-electron chi connectivity index (χ2n) is 3.53. The van der Waals surface area contributed by atoms with Crippen LogP contribution in [0, 0.1) is 11.3 Å².